The van der Waals surface area contributed by atoms with Crippen LogP contribution in [0.15, 0.2) is 53.7 Å². The molecule has 3 aromatic rings. The van der Waals surface area contributed by atoms with E-state index >= 15 is 0 Å². The number of fused-ring (bicyclic) bond motifs is 1. The Bertz CT molecular complexity index is 1310. The summed E-state index contributed by atoms with van der Waals surface area (Å²) in [6.45, 7) is 1.15. The van der Waals surface area contributed by atoms with E-state index in [0.717, 1.165) is 10.2 Å². The Hall–Kier alpha value is -3.51. The molecule has 174 valence electrons. The number of carbonyl (C=O) groups excluding carboxylic acids is 1. The van der Waals surface area contributed by atoms with Gasteiger partial charge in [0.05, 0.1) is 22.3 Å². The Morgan fingerprint density at radius 1 is 1.21 bits per heavy atom. The fourth-order valence-corrected chi connectivity index (χ4v) is 5.36. The lowest BCUT2D eigenvalue weighted by Crippen LogP contribution is -2.54. The zero-order valence-corrected chi connectivity index (χ0v) is 18.9. The maximum atomic E-state index is 13.2. The smallest absolute Gasteiger partial charge is 0.331 e. The van der Waals surface area contributed by atoms with Gasteiger partial charge in [0.2, 0.25) is 0 Å². The zero-order chi connectivity index (χ0) is 23.8. The van der Waals surface area contributed by atoms with Crippen molar-refractivity contribution in [3.05, 3.63) is 58.9 Å². The van der Waals surface area contributed by atoms with Gasteiger partial charge in [-0.1, -0.05) is 18.2 Å². The van der Waals surface area contributed by atoms with Crippen molar-refractivity contribution in [3.8, 4) is 0 Å². The Kier molecular flexibility index (Phi) is 5.80. The molecule has 1 N–H and O–H groups in total. The maximum absolute atomic E-state index is 13.2. The molecule has 1 aliphatic rings. The van der Waals surface area contributed by atoms with Crippen LogP contribution in [0.3, 0.4) is 0 Å². The molecule has 0 aliphatic carbocycles. The summed E-state index contributed by atoms with van der Waals surface area (Å²) in [5.74, 6) is -0.536. The molecule has 33 heavy (non-hydrogen) atoms. The lowest BCUT2D eigenvalue weighted by Gasteiger charge is -2.39. The van der Waals surface area contributed by atoms with E-state index in [1.54, 1.807) is 18.2 Å². The number of rotatable bonds is 6. The molecule has 1 aromatic carbocycles. The van der Waals surface area contributed by atoms with Crippen LogP contribution >= 0.6 is 0 Å². The summed E-state index contributed by atoms with van der Waals surface area (Å²) in [6.07, 6.45) is 3.02. The molecule has 0 spiro atoms. The van der Waals surface area contributed by atoms with Gasteiger partial charge >= 0.3 is 11.7 Å². The molecule has 4 rings (SSSR count). The predicted octanol–water partition coefficient (Wildman–Crippen LogP) is 2.23. The summed E-state index contributed by atoms with van der Waals surface area (Å²) in [4.78, 5) is 30.2. The van der Waals surface area contributed by atoms with Crippen LogP contribution in [0.4, 0.5) is 11.4 Å². The minimum atomic E-state index is -3.99. The molecule has 0 atom stereocenters. The second kappa shape index (κ2) is 8.45. The topological polar surface area (TPSA) is 137 Å². The van der Waals surface area contributed by atoms with Crippen molar-refractivity contribution in [2.24, 2.45) is 0 Å². The van der Waals surface area contributed by atoms with E-state index in [0.29, 0.717) is 25.9 Å². The van der Waals surface area contributed by atoms with Crippen molar-refractivity contribution in [3.63, 3.8) is 0 Å². The standard InChI is InChI=1S/C21H23N5O6S/c1-24-12-9-21(10-13-24,20(27)32-2)23-18-16-8-11-25(19(16)22-14-17(18)26(28)29)33(30,31)15-6-4-3-5-7-15/h3-8,11,14H,9-10,12-13H2,1-2H3,(H,22,23). The van der Waals surface area contributed by atoms with Crippen LogP contribution < -0.4 is 5.32 Å². The third kappa shape index (κ3) is 3.91. The SMILES string of the molecule is COC(=O)C1(Nc2c([N+](=O)[O-])cnc3c2ccn3S(=O)(=O)c2ccccc2)CCN(C)CC1. The molecule has 0 bridgehead atoms. The predicted molar refractivity (Wildman–Crippen MR) is 121 cm³/mol. The molecule has 1 fully saturated rings. The molecule has 1 aliphatic heterocycles. The number of benzene rings is 1. The average molecular weight is 474 g/mol. The Morgan fingerprint density at radius 3 is 2.48 bits per heavy atom. The molecule has 0 radical (unpaired) electrons. The number of ether oxygens (including phenoxy) is 1. The molecule has 2 aromatic heterocycles. The molecule has 11 nitrogen and oxygen atoms in total. The summed E-state index contributed by atoms with van der Waals surface area (Å²) < 4.78 is 32.3. The summed E-state index contributed by atoms with van der Waals surface area (Å²) in [5, 5.41) is 15.1. The van der Waals surface area contributed by atoms with Crippen LogP contribution in [0.5, 0.6) is 0 Å². The third-order valence-corrected chi connectivity index (χ3v) is 7.62. The minimum absolute atomic E-state index is 0.0138. The highest BCUT2D eigenvalue weighted by molar-refractivity contribution is 7.90. The summed E-state index contributed by atoms with van der Waals surface area (Å²) >= 11 is 0. The number of piperidine rings is 1. The molecule has 0 unspecified atom stereocenters. The monoisotopic (exact) mass is 473 g/mol. The van der Waals surface area contributed by atoms with Gasteiger partial charge < -0.3 is 15.0 Å². The number of aromatic nitrogens is 2. The van der Waals surface area contributed by atoms with E-state index in [1.807, 2.05) is 11.9 Å². The van der Waals surface area contributed by atoms with Gasteiger partial charge in [-0.3, -0.25) is 10.1 Å². The Labute approximate surface area is 190 Å². The van der Waals surface area contributed by atoms with Crippen molar-refractivity contribution in [2.75, 3.05) is 32.6 Å². The first-order chi connectivity index (χ1) is 15.7. The second-order valence-electron chi connectivity index (χ2n) is 7.94. The highest BCUT2D eigenvalue weighted by Gasteiger charge is 2.43. The highest BCUT2D eigenvalue weighted by Crippen LogP contribution is 2.38. The van der Waals surface area contributed by atoms with E-state index in [1.165, 1.54) is 31.5 Å². The van der Waals surface area contributed by atoms with Crippen LogP contribution in [-0.4, -0.2) is 66.0 Å². The summed E-state index contributed by atoms with van der Waals surface area (Å²) in [6, 6.07) is 9.25. The van der Waals surface area contributed by atoms with Gasteiger partial charge in [-0.25, -0.2) is 22.2 Å². The van der Waals surface area contributed by atoms with Crippen molar-refractivity contribution in [1.82, 2.24) is 13.9 Å². The van der Waals surface area contributed by atoms with Gasteiger partial charge in [0, 0.05) is 19.3 Å². The van der Waals surface area contributed by atoms with E-state index < -0.39 is 26.5 Å². The molecule has 0 amide bonds. The van der Waals surface area contributed by atoms with Gasteiger partial charge in [-0.15, -0.1) is 0 Å². The lowest BCUT2D eigenvalue weighted by molar-refractivity contribution is -0.384. The number of pyridine rings is 1. The van der Waals surface area contributed by atoms with Gasteiger partial charge in [0.1, 0.15) is 17.4 Å². The fraction of sp³-hybridized carbons (Fsp3) is 0.333. The number of anilines is 1. The van der Waals surface area contributed by atoms with Crippen molar-refractivity contribution in [1.29, 1.82) is 0 Å². The largest absolute Gasteiger partial charge is 0.467 e. The number of likely N-dealkylation sites (tertiary alicyclic amines) is 1. The number of hydrogen-bond donors (Lipinski definition) is 1. The number of esters is 1. The van der Waals surface area contributed by atoms with Crippen LogP contribution in [0.2, 0.25) is 0 Å². The molecular weight excluding hydrogens is 450 g/mol. The van der Waals surface area contributed by atoms with E-state index in [2.05, 4.69) is 10.3 Å². The molecule has 1 saturated heterocycles. The summed E-state index contributed by atoms with van der Waals surface area (Å²) in [7, 11) is -0.804. The number of nitrogens with one attached hydrogen (secondary N) is 1. The van der Waals surface area contributed by atoms with Gasteiger partial charge in [0.25, 0.3) is 10.0 Å². The number of carbonyl (C=O) groups is 1. The minimum Gasteiger partial charge on any atom is -0.467 e. The number of methoxy groups -OCH3 is 1. The zero-order valence-electron chi connectivity index (χ0n) is 18.1. The van der Waals surface area contributed by atoms with E-state index in [-0.39, 0.29) is 27.3 Å². The van der Waals surface area contributed by atoms with Crippen LogP contribution in [0, 0.1) is 10.1 Å². The average Bonchev–Trinajstić information content (AvgIpc) is 3.26. The fourth-order valence-electron chi connectivity index (χ4n) is 4.04. The third-order valence-electron chi connectivity index (χ3n) is 5.94. The number of hydrogen-bond acceptors (Lipinski definition) is 9. The molecule has 12 heteroatoms. The molecule has 0 saturated carbocycles. The van der Waals surface area contributed by atoms with E-state index in [4.69, 9.17) is 4.74 Å². The number of nitro groups is 1. The Morgan fingerprint density at radius 2 is 1.88 bits per heavy atom. The quantitative estimate of drug-likeness (QED) is 0.324. The first-order valence-corrected chi connectivity index (χ1v) is 11.6. The first kappa shape index (κ1) is 22.7. The van der Waals surface area contributed by atoms with Gasteiger partial charge in [0.15, 0.2) is 5.65 Å². The number of nitrogens with zero attached hydrogens (tertiary/aromatic N) is 4. The highest BCUT2D eigenvalue weighted by atomic mass is 32.2. The van der Waals surface area contributed by atoms with Crippen LogP contribution in [0.1, 0.15) is 12.8 Å². The van der Waals surface area contributed by atoms with Crippen molar-refractivity contribution >= 4 is 38.4 Å². The van der Waals surface area contributed by atoms with Crippen molar-refractivity contribution < 1.29 is 22.9 Å². The van der Waals surface area contributed by atoms with Crippen LogP contribution in [-0.2, 0) is 19.6 Å². The first-order valence-electron chi connectivity index (χ1n) is 10.2. The Balaban J connectivity index is 1.88. The normalized spacial score (nSPS) is 16.4. The van der Waals surface area contributed by atoms with Gasteiger partial charge in [-0.05, 0) is 38.1 Å². The lowest BCUT2D eigenvalue weighted by atomic mass is 9.87. The van der Waals surface area contributed by atoms with Crippen LogP contribution in [0.25, 0.3) is 11.0 Å². The van der Waals surface area contributed by atoms with Crippen molar-refractivity contribution in [2.45, 2.75) is 23.3 Å². The second-order valence-corrected chi connectivity index (χ2v) is 9.76. The maximum Gasteiger partial charge on any atom is 0.331 e. The molecular formula is C21H23N5O6S. The van der Waals surface area contributed by atoms with E-state index in [9.17, 15) is 23.3 Å². The summed E-state index contributed by atoms with van der Waals surface area (Å²) in [5.41, 5.74) is -1.51. The molecule has 3 heterocycles. The van der Waals surface area contributed by atoms with Gasteiger partial charge in [-0.2, -0.15) is 0 Å².